The van der Waals surface area contributed by atoms with Crippen LogP contribution in [-0.4, -0.2) is 34.2 Å². The van der Waals surface area contributed by atoms with Crippen LogP contribution in [-0.2, 0) is 13.6 Å². The van der Waals surface area contributed by atoms with Gasteiger partial charge in [0.15, 0.2) is 0 Å². The molecule has 0 saturated carbocycles. The Bertz CT molecular complexity index is 377. The van der Waals surface area contributed by atoms with Crippen molar-refractivity contribution >= 4 is 51.3 Å². The molecule has 1 heterocycles. The van der Waals surface area contributed by atoms with Crippen molar-refractivity contribution in [2.24, 2.45) is 7.05 Å². The minimum atomic E-state index is -11.2. The van der Waals surface area contributed by atoms with Gasteiger partial charge < -0.3 is 0 Å². The van der Waals surface area contributed by atoms with Crippen molar-refractivity contribution in [1.29, 1.82) is 0 Å². The summed E-state index contributed by atoms with van der Waals surface area (Å²) in [4.78, 5) is 0.509. The predicted molar refractivity (Wildman–Crippen MR) is 64.5 cm³/mol. The number of alkyl halides is 2. The third-order valence-corrected chi connectivity index (χ3v) is 3.66. The van der Waals surface area contributed by atoms with Gasteiger partial charge in [-0.05, 0) is 0 Å². The molecule has 0 aliphatic heterocycles. The second kappa shape index (κ2) is 5.52. The molecule has 1 atom stereocenters. The molecule has 0 N–H and O–H groups in total. The number of hydrogen-bond acceptors (Lipinski definition) is 0. The van der Waals surface area contributed by atoms with E-state index in [-0.39, 0.29) is 0 Å². The van der Waals surface area contributed by atoms with Gasteiger partial charge in [0.25, 0.3) is 0 Å². The van der Waals surface area contributed by atoms with E-state index in [9.17, 15) is 16.9 Å². The number of aromatic nitrogens is 2. The number of imidazole rings is 1. The van der Waals surface area contributed by atoms with E-state index in [1.165, 1.54) is 0 Å². The van der Waals surface area contributed by atoms with Crippen molar-refractivity contribution < 1.29 is 21.4 Å². The molecule has 1 aromatic heterocycles. The first-order chi connectivity index (χ1) is 7.67. The Hall–Kier alpha value is 0.568. The summed E-state index contributed by atoms with van der Waals surface area (Å²) in [5, 5.41) is 0.981. The van der Waals surface area contributed by atoms with Gasteiger partial charge in [0.05, 0.1) is 11.9 Å². The first-order valence-corrected chi connectivity index (χ1v) is 12.3. The standard InChI is InChI=1S/C7H11Br2N2.6FH.Sb/c1-10-2-3-11(6-10)5-7(9)4-8;;;;;;;/h2-3,6-7H,4-5H2,1H3;6*1H;/q+1;;;;;;;+5/p-6. The van der Waals surface area contributed by atoms with Crippen LogP contribution in [0.1, 0.15) is 0 Å². The fourth-order valence-electron chi connectivity index (χ4n) is 0.887. The van der Waals surface area contributed by atoms with Gasteiger partial charge in [0, 0.05) is 5.33 Å². The molecule has 2 nitrogen and oxygen atoms in total. The van der Waals surface area contributed by atoms with Gasteiger partial charge in [0.2, 0.25) is 6.33 Å². The summed E-state index contributed by atoms with van der Waals surface area (Å²) in [7, 11) is 2.02. The fourth-order valence-corrected chi connectivity index (χ4v) is 1.43. The van der Waals surface area contributed by atoms with Gasteiger partial charge in [-0.2, -0.15) is 0 Å². The van der Waals surface area contributed by atoms with E-state index < -0.39 is 19.5 Å². The van der Waals surface area contributed by atoms with Gasteiger partial charge in [-0.1, -0.05) is 31.9 Å². The minimum absolute atomic E-state index is 0.509. The Labute approximate surface area is 119 Å². The summed E-state index contributed by atoms with van der Waals surface area (Å²) >= 11 is -4.29. The van der Waals surface area contributed by atoms with Crippen molar-refractivity contribution in [2.45, 2.75) is 11.4 Å². The molecule has 0 amide bonds. The molecular formula is C7H11Br2F6N2Sb. The molecule has 0 bridgehead atoms. The molecule has 1 rings (SSSR count). The van der Waals surface area contributed by atoms with E-state index >= 15 is 0 Å². The topological polar surface area (TPSA) is 8.81 Å². The van der Waals surface area contributed by atoms with Crippen molar-refractivity contribution in [3.05, 3.63) is 18.7 Å². The first kappa shape index (κ1) is 18.6. The molecule has 0 aromatic carbocycles. The molecule has 0 aliphatic carbocycles. The van der Waals surface area contributed by atoms with E-state index in [1.807, 2.05) is 17.8 Å². The van der Waals surface area contributed by atoms with E-state index in [2.05, 4.69) is 49.0 Å². The third kappa shape index (κ3) is 16.6. The first-order valence-electron chi connectivity index (χ1n) is 4.45. The Morgan fingerprint density at radius 2 is 1.67 bits per heavy atom. The summed E-state index contributed by atoms with van der Waals surface area (Å²) in [5.74, 6) is 0. The second-order valence-electron chi connectivity index (χ2n) is 3.49. The fraction of sp³-hybridized carbons (Fsp3) is 0.571. The maximum absolute atomic E-state index is 11.2. The molecule has 1 unspecified atom stereocenters. The molecule has 0 saturated heterocycles. The summed E-state index contributed by atoms with van der Waals surface area (Å²) in [6, 6.07) is 0. The Morgan fingerprint density at radius 1 is 1.22 bits per heavy atom. The maximum atomic E-state index is 9.93. The number of halogens is 8. The summed E-state index contributed by atoms with van der Waals surface area (Å²) in [6.45, 7) is 1.01. The molecule has 0 aliphatic rings. The zero-order valence-corrected chi connectivity index (χ0v) is 14.8. The zero-order chi connectivity index (χ0) is 14.7. The van der Waals surface area contributed by atoms with E-state index in [0.717, 1.165) is 11.9 Å². The Kier molecular flexibility index (Phi) is 5.69. The van der Waals surface area contributed by atoms with Gasteiger partial charge in [-0.3, -0.25) is 0 Å². The van der Waals surface area contributed by atoms with Crippen LogP contribution in [0, 0.1) is 0 Å². The van der Waals surface area contributed by atoms with E-state index in [4.69, 9.17) is 0 Å². The van der Waals surface area contributed by atoms with Crippen LogP contribution in [0.25, 0.3) is 0 Å². The number of hydrogen-bond donors (Lipinski definition) is 0. The molecule has 110 valence electrons. The van der Waals surface area contributed by atoms with Crippen LogP contribution >= 0.6 is 31.9 Å². The van der Waals surface area contributed by atoms with Crippen molar-refractivity contribution in [3.63, 3.8) is 0 Å². The quantitative estimate of drug-likeness (QED) is 0.250. The zero-order valence-electron chi connectivity index (χ0n) is 9.09. The molecule has 0 fully saturated rings. The summed E-state index contributed by atoms with van der Waals surface area (Å²) in [5.41, 5.74) is 0. The van der Waals surface area contributed by atoms with Crippen molar-refractivity contribution in [1.82, 2.24) is 4.57 Å². The third-order valence-electron chi connectivity index (χ3n) is 1.40. The molecule has 0 spiro atoms. The predicted octanol–water partition coefficient (Wildman–Crippen LogP) is 3.61. The average Bonchev–Trinajstić information content (AvgIpc) is 2.45. The van der Waals surface area contributed by atoms with Crippen molar-refractivity contribution in [2.75, 3.05) is 5.33 Å². The number of nitrogens with zero attached hydrogens (tertiary/aromatic N) is 2. The molecule has 1 aromatic rings. The second-order valence-corrected chi connectivity index (χ2v) is 10.9. The number of aryl methyl sites for hydroxylation is 1. The van der Waals surface area contributed by atoms with Crippen LogP contribution in [0.2, 0.25) is 0 Å². The Morgan fingerprint density at radius 3 is 1.94 bits per heavy atom. The van der Waals surface area contributed by atoms with Crippen LogP contribution in [0.15, 0.2) is 18.7 Å². The summed E-state index contributed by atoms with van der Waals surface area (Å²) < 4.78 is 63.7. The summed E-state index contributed by atoms with van der Waals surface area (Å²) in [6.07, 6.45) is 6.17. The van der Waals surface area contributed by atoms with Gasteiger partial charge in [-0.15, -0.1) is 0 Å². The molecule has 11 heteroatoms. The van der Waals surface area contributed by atoms with Gasteiger partial charge in [-0.25, -0.2) is 9.13 Å². The van der Waals surface area contributed by atoms with Gasteiger partial charge >= 0.3 is 36.4 Å². The molecular weight excluding hydrogens is 508 g/mol. The van der Waals surface area contributed by atoms with Crippen LogP contribution in [0.3, 0.4) is 0 Å². The van der Waals surface area contributed by atoms with E-state index in [1.54, 1.807) is 0 Å². The monoisotopic (exact) mass is 516 g/mol. The SMILES string of the molecule is C[n+]1ccn(CC(Br)CBr)c1.[F][Sb-]([F])([F])([F])([F])[F]. The van der Waals surface area contributed by atoms with E-state index in [0.29, 0.717) is 4.83 Å². The van der Waals surface area contributed by atoms with Crippen LogP contribution < -0.4 is 4.57 Å². The molecule has 18 heavy (non-hydrogen) atoms. The van der Waals surface area contributed by atoms with Gasteiger partial charge in [0.1, 0.15) is 18.9 Å². The Balaban J connectivity index is 0.000000360. The normalized spacial score (nSPS) is 17.2. The van der Waals surface area contributed by atoms with Crippen LogP contribution in [0.5, 0.6) is 0 Å². The molecule has 0 radical (unpaired) electrons. The van der Waals surface area contributed by atoms with Crippen LogP contribution in [0.4, 0.5) is 16.9 Å². The number of rotatable bonds is 3. The average molecular weight is 519 g/mol. The van der Waals surface area contributed by atoms with Crippen molar-refractivity contribution in [3.8, 4) is 0 Å².